The zero-order chi connectivity index (χ0) is 19.3. The van der Waals surface area contributed by atoms with Gasteiger partial charge in [-0.3, -0.25) is 9.59 Å². The number of nitrogens with one attached hydrogen (secondary N) is 2. The number of anilines is 1. The van der Waals surface area contributed by atoms with Crippen molar-refractivity contribution in [3.8, 4) is 0 Å². The van der Waals surface area contributed by atoms with Crippen molar-refractivity contribution < 1.29 is 23.5 Å². The number of halogens is 1. The van der Waals surface area contributed by atoms with E-state index in [9.17, 15) is 18.8 Å². The maximum atomic E-state index is 13.0. The molecule has 1 saturated heterocycles. The lowest BCUT2D eigenvalue weighted by atomic mass is 10.1. The topological polar surface area (TPSA) is 87.7 Å². The summed E-state index contributed by atoms with van der Waals surface area (Å²) in [7, 11) is 0. The van der Waals surface area contributed by atoms with Gasteiger partial charge < -0.3 is 20.3 Å². The summed E-state index contributed by atoms with van der Waals surface area (Å²) in [5, 5.41) is 5.24. The summed E-state index contributed by atoms with van der Waals surface area (Å²) >= 11 is 0. The SMILES string of the molecule is CC(C)(C)OC(=O)NCCNC(=O)[C@@H]1CC(=O)N(c2ccc(F)cc2)C1. The van der Waals surface area contributed by atoms with Gasteiger partial charge in [0.15, 0.2) is 0 Å². The van der Waals surface area contributed by atoms with E-state index in [0.29, 0.717) is 5.69 Å². The van der Waals surface area contributed by atoms with Gasteiger partial charge in [0.2, 0.25) is 11.8 Å². The molecule has 7 nitrogen and oxygen atoms in total. The second-order valence-electron chi connectivity index (χ2n) is 7.10. The summed E-state index contributed by atoms with van der Waals surface area (Å²) in [6.07, 6.45) is -0.451. The zero-order valence-corrected chi connectivity index (χ0v) is 15.2. The number of benzene rings is 1. The van der Waals surface area contributed by atoms with Gasteiger partial charge in [0.25, 0.3) is 0 Å². The van der Waals surface area contributed by atoms with E-state index in [4.69, 9.17) is 4.74 Å². The third kappa shape index (κ3) is 5.72. The van der Waals surface area contributed by atoms with Crippen molar-refractivity contribution in [3.63, 3.8) is 0 Å². The Bertz CT molecular complexity index is 670. The van der Waals surface area contributed by atoms with Crippen molar-refractivity contribution in [3.05, 3.63) is 30.1 Å². The fourth-order valence-electron chi connectivity index (χ4n) is 2.56. The van der Waals surface area contributed by atoms with Crippen LogP contribution in [-0.2, 0) is 14.3 Å². The molecule has 0 spiro atoms. The number of carbonyl (C=O) groups excluding carboxylic acids is 3. The van der Waals surface area contributed by atoms with Crippen LogP contribution >= 0.6 is 0 Å². The molecule has 0 aromatic heterocycles. The van der Waals surface area contributed by atoms with E-state index in [-0.39, 0.29) is 43.7 Å². The average molecular weight is 365 g/mol. The molecule has 1 aromatic rings. The summed E-state index contributed by atoms with van der Waals surface area (Å²) in [5.74, 6) is -1.29. The highest BCUT2D eigenvalue weighted by molar-refractivity contribution is 6.00. The minimum absolute atomic E-state index is 0.0999. The van der Waals surface area contributed by atoms with Crippen LogP contribution in [0.2, 0.25) is 0 Å². The van der Waals surface area contributed by atoms with E-state index in [0.717, 1.165) is 0 Å². The third-order valence-corrected chi connectivity index (χ3v) is 3.73. The maximum Gasteiger partial charge on any atom is 0.407 e. The van der Waals surface area contributed by atoms with E-state index in [1.165, 1.54) is 29.2 Å². The minimum Gasteiger partial charge on any atom is -0.444 e. The Morgan fingerprint density at radius 1 is 1.19 bits per heavy atom. The second kappa shape index (κ2) is 8.16. The molecule has 26 heavy (non-hydrogen) atoms. The Morgan fingerprint density at radius 2 is 1.81 bits per heavy atom. The van der Waals surface area contributed by atoms with Crippen LogP contribution in [0.1, 0.15) is 27.2 Å². The molecule has 142 valence electrons. The number of ether oxygens (including phenoxy) is 1. The van der Waals surface area contributed by atoms with Crippen molar-refractivity contribution in [2.24, 2.45) is 5.92 Å². The van der Waals surface area contributed by atoms with Crippen molar-refractivity contribution in [1.82, 2.24) is 10.6 Å². The predicted octanol–water partition coefficient (Wildman–Crippen LogP) is 1.82. The Morgan fingerprint density at radius 3 is 2.42 bits per heavy atom. The molecule has 0 bridgehead atoms. The minimum atomic E-state index is -0.582. The van der Waals surface area contributed by atoms with E-state index >= 15 is 0 Å². The number of alkyl carbamates (subject to hydrolysis) is 1. The second-order valence-corrected chi connectivity index (χ2v) is 7.10. The van der Waals surface area contributed by atoms with Gasteiger partial charge in [-0.15, -0.1) is 0 Å². The first-order chi connectivity index (χ1) is 12.2. The van der Waals surface area contributed by atoms with Crippen LogP contribution in [0.25, 0.3) is 0 Å². The molecule has 2 rings (SSSR count). The first kappa shape index (κ1) is 19.7. The van der Waals surface area contributed by atoms with Crippen LogP contribution in [-0.4, -0.2) is 43.1 Å². The Hall–Kier alpha value is -2.64. The maximum absolute atomic E-state index is 13.0. The number of carbonyl (C=O) groups is 3. The normalized spacial score (nSPS) is 17.2. The molecule has 1 aromatic carbocycles. The van der Waals surface area contributed by atoms with Crippen LogP contribution in [0.5, 0.6) is 0 Å². The fraction of sp³-hybridized carbons (Fsp3) is 0.500. The van der Waals surface area contributed by atoms with Crippen LogP contribution < -0.4 is 15.5 Å². The summed E-state index contributed by atoms with van der Waals surface area (Å²) in [4.78, 5) is 37.3. The average Bonchev–Trinajstić information content (AvgIpc) is 2.92. The molecule has 0 radical (unpaired) electrons. The van der Waals surface area contributed by atoms with E-state index in [1.807, 2.05) is 0 Å². The van der Waals surface area contributed by atoms with Crippen LogP contribution in [0, 0.1) is 11.7 Å². The van der Waals surface area contributed by atoms with Gasteiger partial charge >= 0.3 is 6.09 Å². The number of hydrogen-bond donors (Lipinski definition) is 2. The van der Waals surface area contributed by atoms with Crippen molar-refractivity contribution >= 4 is 23.6 Å². The molecule has 1 aliphatic rings. The van der Waals surface area contributed by atoms with Gasteiger partial charge in [-0.2, -0.15) is 0 Å². The smallest absolute Gasteiger partial charge is 0.407 e. The van der Waals surface area contributed by atoms with Crippen LogP contribution in [0.4, 0.5) is 14.9 Å². The number of amides is 3. The molecular weight excluding hydrogens is 341 g/mol. The highest BCUT2D eigenvalue weighted by Crippen LogP contribution is 2.25. The number of rotatable bonds is 5. The largest absolute Gasteiger partial charge is 0.444 e. The lowest BCUT2D eigenvalue weighted by Crippen LogP contribution is -2.40. The highest BCUT2D eigenvalue weighted by atomic mass is 19.1. The van der Waals surface area contributed by atoms with Crippen LogP contribution in [0.3, 0.4) is 0 Å². The Balaban J connectivity index is 1.76. The lowest BCUT2D eigenvalue weighted by molar-refractivity contribution is -0.126. The molecule has 8 heteroatoms. The summed E-state index contributed by atoms with van der Waals surface area (Å²) < 4.78 is 18.1. The molecule has 0 saturated carbocycles. The monoisotopic (exact) mass is 365 g/mol. The summed E-state index contributed by atoms with van der Waals surface area (Å²) in [5.41, 5.74) is -0.0141. The summed E-state index contributed by atoms with van der Waals surface area (Å²) in [6, 6.07) is 5.58. The van der Waals surface area contributed by atoms with Gasteiger partial charge in [-0.05, 0) is 45.0 Å². The van der Waals surface area contributed by atoms with Gasteiger partial charge in [-0.25, -0.2) is 9.18 Å². The molecular formula is C18H24FN3O4. The quantitative estimate of drug-likeness (QED) is 0.779. The summed E-state index contributed by atoms with van der Waals surface area (Å²) in [6.45, 7) is 5.99. The molecule has 2 N–H and O–H groups in total. The van der Waals surface area contributed by atoms with E-state index in [2.05, 4.69) is 10.6 Å². The number of nitrogens with zero attached hydrogens (tertiary/aromatic N) is 1. The molecule has 1 atom stereocenters. The molecule has 3 amide bonds. The molecule has 1 heterocycles. The number of hydrogen-bond acceptors (Lipinski definition) is 4. The predicted molar refractivity (Wildman–Crippen MR) is 94.1 cm³/mol. The first-order valence-corrected chi connectivity index (χ1v) is 8.46. The van der Waals surface area contributed by atoms with Crippen molar-refractivity contribution in [2.45, 2.75) is 32.8 Å². The van der Waals surface area contributed by atoms with Gasteiger partial charge in [0.1, 0.15) is 11.4 Å². The first-order valence-electron chi connectivity index (χ1n) is 8.46. The van der Waals surface area contributed by atoms with E-state index < -0.39 is 17.6 Å². The molecule has 0 unspecified atom stereocenters. The molecule has 1 fully saturated rings. The van der Waals surface area contributed by atoms with Gasteiger partial charge in [0.05, 0.1) is 5.92 Å². The Labute approximate surface area is 151 Å². The van der Waals surface area contributed by atoms with Crippen molar-refractivity contribution in [2.75, 3.05) is 24.5 Å². The lowest BCUT2D eigenvalue weighted by Gasteiger charge is -2.20. The van der Waals surface area contributed by atoms with E-state index in [1.54, 1.807) is 20.8 Å². The van der Waals surface area contributed by atoms with Gasteiger partial charge in [-0.1, -0.05) is 0 Å². The van der Waals surface area contributed by atoms with Crippen molar-refractivity contribution in [1.29, 1.82) is 0 Å². The molecule has 0 aliphatic carbocycles. The Kier molecular flexibility index (Phi) is 6.18. The standard InChI is InChI=1S/C18H24FN3O4/c1-18(2,3)26-17(25)21-9-8-20-16(24)12-10-15(23)22(11-12)14-6-4-13(19)5-7-14/h4-7,12H,8-11H2,1-3H3,(H,20,24)(H,21,25)/t12-/m1/s1. The zero-order valence-electron chi connectivity index (χ0n) is 15.2. The highest BCUT2D eigenvalue weighted by Gasteiger charge is 2.34. The van der Waals surface area contributed by atoms with Gasteiger partial charge in [0, 0.05) is 31.7 Å². The fourth-order valence-corrected chi connectivity index (χ4v) is 2.56. The third-order valence-electron chi connectivity index (χ3n) is 3.73. The molecule has 1 aliphatic heterocycles. The van der Waals surface area contributed by atoms with Crippen LogP contribution in [0.15, 0.2) is 24.3 Å².